The van der Waals surface area contributed by atoms with Crippen molar-refractivity contribution in [2.45, 2.75) is 103 Å². The van der Waals surface area contributed by atoms with Crippen LogP contribution < -0.4 is 16.2 Å². The van der Waals surface area contributed by atoms with Gasteiger partial charge >= 0.3 is 6.18 Å². The molecule has 0 unspecified atom stereocenters. The van der Waals surface area contributed by atoms with E-state index in [9.17, 15) is 13.2 Å². The molecule has 0 heterocycles. The van der Waals surface area contributed by atoms with Crippen LogP contribution in [0.2, 0.25) is 0 Å². The number of alkyl halides is 3. The fourth-order valence-electron chi connectivity index (χ4n) is 2.64. The fourth-order valence-corrected chi connectivity index (χ4v) is 2.64. The number of nitrogens with one attached hydrogen (secondary N) is 1. The summed E-state index contributed by atoms with van der Waals surface area (Å²) in [4.78, 5) is 8.78. The van der Waals surface area contributed by atoms with Crippen molar-refractivity contribution >= 4 is 5.97 Å². The monoisotopic (exact) mass is 398 g/mol. The number of unbranched alkanes of at least 4 members (excludes halogenated alkanes) is 12. The molecular formula is C20H41F3N2O2. The summed E-state index contributed by atoms with van der Waals surface area (Å²) < 4.78 is 31.5. The number of quaternary nitrogens is 1. The van der Waals surface area contributed by atoms with Gasteiger partial charge in [0.2, 0.25) is 0 Å². The van der Waals surface area contributed by atoms with E-state index in [-0.39, 0.29) is 0 Å². The van der Waals surface area contributed by atoms with Crippen molar-refractivity contribution in [2.24, 2.45) is 0 Å². The van der Waals surface area contributed by atoms with Crippen LogP contribution in [0.4, 0.5) is 13.2 Å². The molecule has 0 aromatic rings. The molecule has 0 saturated heterocycles. The normalized spacial score (nSPS) is 11.1. The minimum atomic E-state index is -5.19. The molecule has 0 saturated carbocycles. The Morgan fingerprint density at radius 3 is 1.44 bits per heavy atom. The van der Waals surface area contributed by atoms with Gasteiger partial charge in [0.1, 0.15) is 5.97 Å². The predicted molar refractivity (Wildman–Crippen MR) is 102 cm³/mol. The molecule has 0 radical (unpaired) electrons. The second-order valence-electron chi connectivity index (χ2n) is 6.98. The Bertz CT molecular complexity index is 296. The van der Waals surface area contributed by atoms with E-state index < -0.39 is 12.1 Å². The Morgan fingerprint density at radius 1 is 0.778 bits per heavy atom. The van der Waals surface area contributed by atoms with Crippen molar-refractivity contribution in [2.75, 3.05) is 19.6 Å². The van der Waals surface area contributed by atoms with Crippen molar-refractivity contribution in [3.05, 3.63) is 0 Å². The Balaban J connectivity index is 0. The smallest absolute Gasteiger partial charge is 0.430 e. The van der Waals surface area contributed by atoms with E-state index in [0.29, 0.717) is 0 Å². The van der Waals surface area contributed by atoms with E-state index in [1.165, 1.54) is 103 Å². The lowest BCUT2D eigenvalue weighted by Gasteiger charge is -2.05. The van der Waals surface area contributed by atoms with Crippen LogP contribution >= 0.6 is 0 Å². The third kappa shape index (κ3) is 27.5. The van der Waals surface area contributed by atoms with Gasteiger partial charge < -0.3 is 21.0 Å². The van der Waals surface area contributed by atoms with Gasteiger partial charge in [-0.05, 0) is 38.8 Å². The first-order valence-electron chi connectivity index (χ1n) is 10.6. The summed E-state index contributed by atoms with van der Waals surface area (Å²) >= 11 is 0. The molecule has 4 N–H and O–H groups in total. The second kappa shape index (κ2) is 21.5. The number of hydrogen-bond donors (Lipinski definition) is 2. The molecule has 0 aliphatic carbocycles. The largest absolute Gasteiger partial charge is 0.542 e. The zero-order valence-electron chi connectivity index (χ0n) is 17.2. The van der Waals surface area contributed by atoms with Gasteiger partial charge in [0, 0.05) is 0 Å². The van der Waals surface area contributed by atoms with Crippen molar-refractivity contribution in [3.8, 4) is 0 Å². The van der Waals surface area contributed by atoms with Crippen LogP contribution in [0.5, 0.6) is 0 Å². The number of hydrogen-bond acceptors (Lipinski definition) is 3. The first-order chi connectivity index (χ1) is 12.9. The topological polar surface area (TPSA) is 79.8 Å². The maximum absolute atomic E-state index is 10.5. The van der Waals surface area contributed by atoms with E-state index in [1.54, 1.807) is 0 Å². The number of carboxylic acid groups (broad SMARTS) is 1. The Kier molecular flexibility index (Phi) is 22.6. The Labute approximate surface area is 163 Å². The average Bonchev–Trinajstić information content (AvgIpc) is 2.61. The second-order valence-corrected chi connectivity index (χ2v) is 6.98. The number of halogens is 3. The highest BCUT2D eigenvalue weighted by Crippen LogP contribution is 2.11. The average molecular weight is 399 g/mol. The summed E-state index contributed by atoms with van der Waals surface area (Å²) in [6, 6.07) is 0. The summed E-state index contributed by atoms with van der Waals surface area (Å²) in [5.74, 6) is -3.01. The number of rotatable bonds is 17. The standard InChI is InChI=1S/C18H40N2.C2HF3O2/c1-2-3-4-5-6-7-8-9-11-14-17-20-18-15-12-10-13-16-19;3-2(4,5)1(6)7/h20H,2-19H2,1H3;(H,6,7). The summed E-state index contributed by atoms with van der Waals surface area (Å²) in [6.07, 6.45) is 14.5. The summed E-state index contributed by atoms with van der Waals surface area (Å²) in [6.45, 7) is 5.84. The summed E-state index contributed by atoms with van der Waals surface area (Å²) in [5, 5.41) is 12.4. The van der Waals surface area contributed by atoms with Gasteiger partial charge in [-0.3, -0.25) is 0 Å². The molecule has 164 valence electrons. The summed E-state index contributed by atoms with van der Waals surface area (Å²) in [7, 11) is 0. The molecular weight excluding hydrogens is 357 g/mol. The van der Waals surface area contributed by atoms with Crippen LogP contribution in [0.25, 0.3) is 0 Å². The predicted octanol–water partition coefficient (Wildman–Crippen LogP) is 3.60. The molecule has 0 atom stereocenters. The lowest BCUT2D eigenvalue weighted by atomic mass is 10.1. The third-order valence-electron chi connectivity index (χ3n) is 4.29. The Hall–Kier alpha value is -0.820. The molecule has 0 fully saturated rings. The molecule has 0 rings (SSSR count). The van der Waals surface area contributed by atoms with Gasteiger partial charge in [-0.1, -0.05) is 71.1 Å². The van der Waals surface area contributed by atoms with Crippen LogP contribution in [0.3, 0.4) is 0 Å². The Morgan fingerprint density at radius 2 is 1.11 bits per heavy atom. The van der Waals surface area contributed by atoms with Crippen LogP contribution in [0.15, 0.2) is 0 Å². The highest BCUT2D eigenvalue weighted by Gasteiger charge is 2.28. The zero-order chi connectivity index (χ0) is 20.8. The molecule has 0 spiro atoms. The van der Waals surface area contributed by atoms with E-state index in [4.69, 9.17) is 9.90 Å². The lowest BCUT2D eigenvalue weighted by molar-refractivity contribution is -0.368. The number of carboxylic acids is 1. The first-order valence-corrected chi connectivity index (χ1v) is 10.6. The van der Waals surface area contributed by atoms with Gasteiger partial charge in [0.15, 0.2) is 0 Å². The number of carbonyl (C=O) groups excluding carboxylic acids is 1. The molecule has 0 amide bonds. The first kappa shape index (κ1) is 28.4. The van der Waals surface area contributed by atoms with Crippen molar-refractivity contribution < 1.29 is 28.8 Å². The van der Waals surface area contributed by atoms with Crippen LogP contribution in [0, 0.1) is 0 Å². The van der Waals surface area contributed by atoms with Crippen molar-refractivity contribution in [1.29, 1.82) is 0 Å². The lowest BCUT2D eigenvalue weighted by Crippen LogP contribution is -2.50. The molecule has 4 nitrogen and oxygen atoms in total. The molecule has 0 aromatic carbocycles. The third-order valence-corrected chi connectivity index (χ3v) is 4.29. The van der Waals surface area contributed by atoms with Crippen LogP contribution in [-0.2, 0) is 4.79 Å². The molecule has 0 aliphatic heterocycles. The SMILES string of the molecule is CCCCCCCCCCCCNCCCCCC[NH3+].O=C([O-])C(F)(F)F. The van der Waals surface area contributed by atoms with Gasteiger partial charge in [-0.15, -0.1) is 0 Å². The van der Waals surface area contributed by atoms with Gasteiger partial charge in [0.25, 0.3) is 0 Å². The van der Waals surface area contributed by atoms with Gasteiger partial charge in [0.05, 0.1) is 6.54 Å². The maximum atomic E-state index is 10.5. The number of aliphatic carboxylic acids is 1. The molecule has 0 aromatic heterocycles. The maximum Gasteiger partial charge on any atom is 0.430 e. The van der Waals surface area contributed by atoms with E-state index in [1.807, 2.05) is 0 Å². The highest BCUT2D eigenvalue weighted by atomic mass is 19.4. The molecule has 7 heteroatoms. The number of carbonyl (C=O) groups is 1. The quantitative estimate of drug-likeness (QED) is 0.367. The van der Waals surface area contributed by atoms with E-state index >= 15 is 0 Å². The fraction of sp³-hybridized carbons (Fsp3) is 0.950. The van der Waals surface area contributed by atoms with E-state index in [0.717, 1.165) is 6.54 Å². The van der Waals surface area contributed by atoms with Gasteiger partial charge in [-0.25, -0.2) is 0 Å². The minimum absolute atomic E-state index is 1.10. The zero-order valence-corrected chi connectivity index (χ0v) is 17.2. The van der Waals surface area contributed by atoms with E-state index in [2.05, 4.69) is 18.0 Å². The van der Waals surface area contributed by atoms with Crippen LogP contribution in [-0.4, -0.2) is 31.8 Å². The molecule has 0 aliphatic rings. The van der Waals surface area contributed by atoms with Crippen LogP contribution in [0.1, 0.15) is 96.8 Å². The van der Waals surface area contributed by atoms with Crippen molar-refractivity contribution in [3.63, 3.8) is 0 Å². The minimum Gasteiger partial charge on any atom is -0.542 e. The highest BCUT2D eigenvalue weighted by molar-refractivity contribution is 5.70. The van der Waals surface area contributed by atoms with Crippen molar-refractivity contribution in [1.82, 2.24) is 5.32 Å². The van der Waals surface area contributed by atoms with Gasteiger partial charge in [-0.2, -0.15) is 13.2 Å². The molecule has 0 bridgehead atoms. The molecule has 27 heavy (non-hydrogen) atoms. The summed E-state index contributed by atoms with van der Waals surface area (Å²) in [5.41, 5.74) is 3.88.